The van der Waals surface area contributed by atoms with E-state index in [0.29, 0.717) is 39.3 Å². The molecular weight excluding hydrogens is 232 g/mol. The van der Waals surface area contributed by atoms with Crippen LogP contribution in [0.15, 0.2) is 0 Å². The summed E-state index contributed by atoms with van der Waals surface area (Å²) in [4.78, 5) is 2.05. The quantitative estimate of drug-likeness (QED) is 0.650. The predicted molar refractivity (Wildman–Crippen MR) is 60.7 cm³/mol. The Labute approximate surface area is 96.8 Å². The molecule has 96 valence electrons. The first-order chi connectivity index (χ1) is 7.43. The average Bonchev–Trinajstić information content (AvgIpc) is 2.17. The second-order valence-electron chi connectivity index (χ2n) is 4.07. The number of hydrogen-bond donors (Lipinski definition) is 1. The Balaban J connectivity index is 2.32. The third kappa shape index (κ3) is 4.34. The van der Waals surface area contributed by atoms with E-state index in [9.17, 15) is 13.5 Å². The Bertz CT molecular complexity index is 299. The molecule has 1 N–H and O–H groups in total. The van der Waals surface area contributed by atoms with Crippen LogP contribution >= 0.6 is 0 Å². The summed E-state index contributed by atoms with van der Waals surface area (Å²) in [6.45, 7) is 3.16. The molecule has 0 saturated carbocycles. The topological polar surface area (TPSA) is 70.1 Å². The molecule has 1 saturated heterocycles. The van der Waals surface area contributed by atoms with E-state index in [4.69, 9.17) is 4.74 Å². The van der Waals surface area contributed by atoms with Crippen LogP contribution in [0.2, 0.25) is 0 Å². The van der Waals surface area contributed by atoms with Gasteiger partial charge in [-0.15, -0.1) is 0 Å². The molecule has 0 amide bonds. The number of nitrogens with zero attached hydrogens (tertiary/aromatic N) is 2. The lowest BCUT2D eigenvalue weighted by Crippen LogP contribution is -2.50. The highest BCUT2D eigenvalue weighted by molar-refractivity contribution is 7.88. The van der Waals surface area contributed by atoms with Crippen LogP contribution in [-0.2, 0) is 14.8 Å². The molecule has 7 heteroatoms. The Morgan fingerprint density at radius 1 is 1.31 bits per heavy atom. The SMILES string of the molecule is COCC(O)CN1CCN(S(C)(=O)=O)CC1. The van der Waals surface area contributed by atoms with Crippen LogP contribution in [0.5, 0.6) is 0 Å². The first kappa shape index (κ1) is 13.9. The highest BCUT2D eigenvalue weighted by atomic mass is 32.2. The molecule has 16 heavy (non-hydrogen) atoms. The van der Waals surface area contributed by atoms with E-state index in [1.165, 1.54) is 10.6 Å². The van der Waals surface area contributed by atoms with Crippen molar-refractivity contribution in [1.29, 1.82) is 0 Å². The largest absolute Gasteiger partial charge is 0.389 e. The Morgan fingerprint density at radius 2 is 1.88 bits per heavy atom. The van der Waals surface area contributed by atoms with Gasteiger partial charge in [-0.1, -0.05) is 0 Å². The van der Waals surface area contributed by atoms with Crippen molar-refractivity contribution in [2.24, 2.45) is 0 Å². The van der Waals surface area contributed by atoms with Crippen molar-refractivity contribution >= 4 is 10.0 Å². The normalized spacial score (nSPS) is 22.2. The molecule has 1 rings (SSSR count). The summed E-state index contributed by atoms with van der Waals surface area (Å²) in [7, 11) is -1.52. The van der Waals surface area contributed by atoms with E-state index in [0.717, 1.165) is 0 Å². The number of aliphatic hydroxyl groups is 1. The number of ether oxygens (including phenoxy) is 1. The number of hydrogen-bond acceptors (Lipinski definition) is 5. The lowest BCUT2D eigenvalue weighted by Gasteiger charge is -2.34. The van der Waals surface area contributed by atoms with Crippen molar-refractivity contribution in [2.75, 3.05) is 52.7 Å². The standard InChI is InChI=1S/C9H20N2O4S/c1-15-8-9(12)7-10-3-5-11(6-4-10)16(2,13)14/h9,12H,3-8H2,1-2H3. The molecular formula is C9H20N2O4S. The maximum atomic E-state index is 11.3. The Kier molecular flexibility index (Phi) is 5.13. The Hall–Kier alpha value is -0.210. The van der Waals surface area contributed by atoms with Crippen molar-refractivity contribution < 1.29 is 18.3 Å². The minimum atomic E-state index is -3.07. The number of rotatable bonds is 5. The molecule has 0 aromatic rings. The average molecular weight is 252 g/mol. The van der Waals surface area contributed by atoms with Gasteiger partial charge in [0.2, 0.25) is 10.0 Å². The molecule has 1 unspecified atom stereocenters. The third-order valence-electron chi connectivity index (χ3n) is 2.63. The first-order valence-electron chi connectivity index (χ1n) is 5.28. The molecule has 0 radical (unpaired) electrons. The fraction of sp³-hybridized carbons (Fsp3) is 1.00. The number of piperazine rings is 1. The molecule has 1 heterocycles. The predicted octanol–water partition coefficient (Wildman–Crippen LogP) is -1.43. The highest BCUT2D eigenvalue weighted by Crippen LogP contribution is 2.06. The van der Waals surface area contributed by atoms with Gasteiger partial charge in [0.1, 0.15) is 0 Å². The summed E-state index contributed by atoms with van der Waals surface area (Å²) in [5, 5.41) is 9.53. The minimum absolute atomic E-state index is 0.312. The van der Waals surface area contributed by atoms with E-state index in [1.54, 1.807) is 7.11 Å². The minimum Gasteiger partial charge on any atom is -0.389 e. The van der Waals surface area contributed by atoms with Gasteiger partial charge in [-0.2, -0.15) is 4.31 Å². The van der Waals surface area contributed by atoms with Crippen LogP contribution in [0.1, 0.15) is 0 Å². The Morgan fingerprint density at radius 3 is 2.31 bits per heavy atom. The number of β-amino-alcohol motifs (C(OH)–C–C–N with tert-alkyl or cyclic N) is 1. The summed E-state index contributed by atoms with van der Waals surface area (Å²) >= 11 is 0. The van der Waals surface area contributed by atoms with E-state index in [-0.39, 0.29) is 0 Å². The van der Waals surface area contributed by atoms with Gasteiger partial charge in [-0.3, -0.25) is 4.90 Å². The second-order valence-corrected chi connectivity index (χ2v) is 6.05. The molecule has 0 aliphatic carbocycles. The molecule has 1 aliphatic heterocycles. The van der Waals surface area contributed by atoms with Gasteiger partial charge in [0.25, 0.3) is 0 Å². The summed E-state index contributed by atoms with van der Waals surface area (Å²) in [6, 6.07) is 0. The zero-order valence-electron chi connectivity index (χ0n) is 9.79. The van der Waals surface area contributed by atoms with Gasteiger partial charge in [0, 0.05) is 39.8 Å². The second kappa shape index (κ2) is 5.92. The molecule has 1 atom stereocenters. The van der Waals surface area contributed by atoms with Gasteiger partial charge >= 0.3 is 0 Å². The fourth-order valence-electron chi connectivity index (χ4n) is 1.79. The zero-order chi connectivity index (χ0) is 12.2. The first-order valence-corrected chi connectivity index (χ1v) is 7.13. The highest BCUT2D eigenvalue weighted by Gasteiger charge is 2.24. The summed E-state index contributed by atoms with van der Waals surface area (Å²) in [5.41, 5.74) is 0. The molecule has 6 nitrogen and oxygen atoms in total. The van der Waals surface area contributed by atoms with Crippen LogP contribution in [0.4, 0.5) is 0 Å². The van der Waals surface area contributed by atoms with Crippen molar-refractivity contribution in [1.82, 2.24) is 9.21 Å². The third-order valence-corrected chi connectivity index (χ3v) is 3.93. The smallest absolute Gasteiger partial charge is 0.211 e. The molecule has 0 bridgehead atoms. The van der Waals surface area contributed by atoms with Crippen molar-refractivity contribution in [3.63, 3.8) is 0 Å². The van der Waals surface area contributed by atoms with Crippen molar-refractivity contribution in [3.8, 4) is 0 Å². The molecule has 1 fully saturated rings. The van der Waals surface area contributed by atoms with Gasteiger partial charge in [0.15, 0.2) is 0 Å². The maximum Gasteiger partial charge on any atom is 0.211 e. The summed E-state index contributed by atoms with van der Waals surface area (Å²) in [5.74, 6) is 0. The van der Waals surface area contributed by atoms with Gasteiger partial charge in [-0.25, -0.2) is 8.42 Å². The fourth-order valence-corrected chi connectivity index (χ4v) is 2.61. The van der Waals surface area contributed by atoms with Gasteiger partial charge in [0.05, 0.1) is 19.0 Å². The summed E-state index contributed by atoms with van der Waals surface area (Å²) < 4.78 is 28.8. The van der Waals surface area contributed by atoms with Crippen molar-refractivity contribution in [3.05, 3.63) is 0 Å². The molecule has 0 spiro atoms. The number of sulfonamides is 1. The lowest BCUT2D eigenvalue weighted by atomic mass is 10.3. The molecule has 0 aromatic carbocycles. The van der Waals surface area contributed by atoms with Gasteiger partial charge in [-0.05, 0) is 0 Å². The van der Waals surface area contributed by atoms with Crippen LogP contribution in [-0.4, -0.2) is 81.5 Å². The maximum absolute atomic E-state index is 11.3. The van der Waals surface area contributed by atoms with Crippen LogP contribution in [0.3, 0.4) is 0 Å². The number of methoxy groups -OCH3 is 1. The van der Waals surface area contributed by atoms with E-state index < -0.39 is 16.1 Å². The van der Waals surface area contributed by atoms with Crippen molar-refractivity contribution in [2.45, 2.75) is 6.10 Å². The van der Waals surface area contributed by atoms with Gasteiger partial charge < -0.3 is 9.84 Å². The molecule has 1 aliphatic rings. The van der Waals surface area contributed by atoms with E-state index in [1.807, 2.05) is 4.90 Å². The summed E-state index contributed by atoms with van der Waals surface area (Å²) in [6.07, 6.45) is 0.720. The zero-order valence-corrected chi connectivity index (χ0v) is 10.6. The monoisotopic (exact) mass is 252 g/mol. The van der Waals surface area contributed by atoms with E-state index >= 15 is 0 Å². The lowest BCUT2D eigenvalue weighted by molar-refractivity contribution is 0.0306. The molecule has 0 aromatic heterocycles. The van der Waals surface area contributed by atoms with Crippen LogP contribution in [0.25, 0.3) is 0 Å². The van der Waals surface area contributed by atoms with E-state index in [2.05, 4.69) is 0 Å². The number of aliphatic hydroxyl groups excluding tert-OH is 1. The van der Waals surface area contributed by atoms with Crippen LogP contribution < -0.4 is 0 Å². The van der Waals surface area contributed by atoms with Crippen LogP contribution in [0, 0.1) is 0 Å².